The summed E-state index contributed by atoms with van der Waals surface area (Å²) in [4.78, 5) is 12.2. The first-order chi connectivity index (χ1) is 7.62. The Bertz CT molecular complexity index is 346. The highest BCUT2D eigenvalue weighted by molar-refractivity contribution is 6.02. The molecule has 2 aliphatic carbocycles. The Morgan fingerprint density at radius 2 is 2.38 bits per heavy atom. The third kappa shape index (κ3) is 2.25. The van der Waals surface area contributed by atoms with E-state index in [0.29, 0.717) is 12.8 Å². The van der Waals surface area contributed by atoms with E-state index in [-0.39, 0.29) is 11.8 Å². The van der Waals surface area contributed by atoms with Gasteiger partial charge in [-0.25, -0.2) is 0 Å². The molecule has 0 aromatic heterocycles. The van der Waals surface area contributed by atoms with Crippen LogP contribution in [0.4, 0.5) is 0 Å². The largest absolute Gasteiger partial charge is 0.382 e. The Hall–Kier alpha value is -0.930. The molecule has 3 heteroatoms. The van der Waals surface area contributed by atoms with Crippen molar-refractivity contribution in [1.82, 2.24) is 0 Å². The summed E-state index contributed by atoms with van der Waals surface area (Å²) >= 11 is 0. The predicted octanol–water partition coefficient (Wildman–Crippen LogP) is 1.46. The predicted molar refractivity (Wildman–Crippen MR) is 62.9 cm³/mol. The summed E-state index contributed by atoms with van der Waals surface area (Å²) in [5, 5.41) is 10.4. The van der Waals surface area contributed by atoms with E-state index < -0.39 is 5.60 Å². The Morgan fingerprint density at radius 3 is 3.00 bits per heavy atom. The standard InChI is InChI=1S/C13H19NO2/c14-11-7-4-8-13(16,9-11)12(15)10-5-2-1-3-6-10/h1-2,5,11,16H,3-4,6-9,14H2. The summed E-state index contributed by atoms with van der Waals surface area (Å²) in [7, 11) is 0. The molecule has 0 bridgehead atoms. The van der Waals surface area contributed by atoms with Crippen LogP contribution in [-0.4, -0.2) is 22.5 Å². The van der Waals surface area contributed by atoms with Crippen molar-refractivity contribution in [2.45, 2.75) is 50.2 Å². The van der Waals surface area contributed by atoms with Crippen molar-refractivity contribution in [1.29, 1.82) is 0 Å². The number of allylic oxidation sites excluding steroid dienone is 3. The molecule has 0 aromatic carbocycles. The first kappa shape index (κ1) is 11.6. The fraction of sp³-hybridized carbons (Fsp3) is 0.615. The normalized spacial score (nSPS) is 34.6. The molecular weight excluding hydrogens is 202 g/mol. The van der Waals surface area contributed by atoms with Gasteiger partial charge < -0.3 is 10.8 Å². The molecule has 1 saturated carbocycles. The van der Waals surface area contributed by atoms with Crippen LogP contribution >= 0.6 is 0 Å². The fourth-order valence-electron chi connectivity index (χ4n) is 2.59. The number of carbonyl (C=O) groups is 1. The maximum Gasteiger partial charge on any atom is 0.190 e. The zero-order valence-electron chi connectivity index (χ0n) is 9.48. The van der Waals surface area contributed by atoms with Crippen LogP contribution in [0.5, 0.6) is 0 Å². The molecule has 2 atom stereocenters. The van der Waals surface area contributed by atoms with E-state index in [1.165, 1.54) is 0 Å². The molecule has 2 rings (SSSR count). The molecule has 2 unspecified atom stereocenters. The highest BCUT2D eigenvalue weighted by Crippen LogP contribution is 2.32. The Morgan fingerprint density at radius 1 is 1.56 bits per heavy atom. The molecular formula is C13H19NO2. The number of hydrogen-bond donors (Lipinski definition) is 2. The molecule has 0 spiro atoms. The molecule has 0 amide bonds. The summed E-state index contributed by atoms with van der Waals surface area (Å²) in [6, 6.07) is -0.0394. The van der Waals surface area contributed by atoms with E-state index >= 15 is 0 Å². The minimum atomic E-state index is -1.20. The van der Waals surface area contributed by atoms with E-state index in [2.05, 4.69) is 0 Å². The third-order valence-electron chi connectivity index (χ3n) is 3.49. The van der Waals surface area contributed by atoms with Crippen molar-refractivity contribution in [3.8, 4) is 0 Å². The van der Waals surface area contributed by atoms with Crippen LogP contribution in [0.15, 0.2) is 23.8 Å². The van der Waals surface area contributed by atoms with Crippen molar-refractivity contribution in [3.63, 3.8) is 0 Å². The number of aliphatic hydroxyl groups is 1. The van der Waals surface area contributed by atoms with Gasteiger partial charge in [-0.1, -0.05) is 18.2 Å². The van der Waals surface area contributed by atoms with Crippen LogP contribution < -0.4 is 5.73 Å². The quantitative estimate of drug-likeness (QED) is 0.742. The van der Waals surface area contributed by atoms with Gasteiger partial charge in [0.2, 0.25) is 0 Å². The van der Waals surface area contributed by atoms with Crippen molar-refractivity contribution < 1.29 is 9.90 Å². The lowest BCUT2D eigenvalue weighted by Crippen LogP contribution is -2.47. The van der Waals surface area contributed by atoms with Gasteiger partial charge in [0.05, 0.1) is 0 Å². The summed E-state index contributed by atoms with van der Waals surface area (Å²) in [5.74, 6) is -0.105. The van der Waals surface area contributed by atoms with Gasteiger partial charge in [-0.15, -0.1) is 0 Å². The molecule has 1 fully saturated rings. The Kier molecular flexibility index (Phi) is 3.26. The molecule has 0 aromatic rings. The first-order valence-corrected chi connectivity index (χ1v) is 6.00. The highest BCUT2D eigenvalue weighted by Gasteiger charge is 2.40. The van der Waals surface area contributed by atoms with Crippen LogP contribution in [0.25, 0.3) is 0 Å². The van der Waals surface area contributed by atoms with Crippen molar-refractivity contribution in [3.05, 3.63) is 23.8 Å². The van der Waals surface area contributed by atoms with Crippen LogP contribution in [0, 0.1) is 0 Å². The average Bonchev–Trinajstić information content (AvgIpc) is 2.29. The summed E-state index contributed by atoms with van der Waals surface area (Å²) < 4.78 is 0. The van der Waals surface area contributed by atoms with Crippen molar-refractivity contribution in [2.75, 3.05) is 0 Å². The second-order valence-electron chi connectivity index (χ2n) is 4.88. The summed E-state index contributed by atoms with van der Waals surface area (Å²) in [6.45, 7) is 0. The third-order valence-corrected chi connectivity index (χ3v) is 3.49. The van der Waals surface area contributed by atoms with Gasteiger partial charge in [-0.2, -0.15) is 0 Å². The zero-order valence-corrected chi connectivity index (χ0v) is 9.48. The number of hydrogen-bond acceptors (Lipinski definition) is 3. The van der Waals surface area contributed by atoms with Gasteiger partial charge in [0, 0.05) is 6.04 Å². The lowest BCUT2D eigenvalue weighted by Gasteiger charge is -2.34. The maximum atomic E-state index is 12.2. The van der Waals surface area contributed by atoms with E-state index in [1.54, 1.807) is 0 Å². The molecule has 88 valence electrons. The molecule has 0 aliphatic heterocycles. The first-order valence-electron chi connectivity index (χ1n) is 6.00. The topological polar surface area (TPSA) is 63.3 Å². The van der Waals surface area contributed by atoms with Crippen LogP contribution in [-0.2, 0) is 4.79 Å². The number of Topliss-reactive ketones (excluding diaryl/α,β-unsaturated/α-hetero) is 1. The van der Waals surface area contributed by atoms with Crippen molar-refractivity contribution in [2.24, 2.45) is 5.73 Å². The van der Waals surface area contributed by atoms with Gasteiger partial charge in [-0.05, 0) is 44.1 Å². The van der Waals surface area contributed by atoms with Gasteiger partial charge in [0.25, 0.3) is 0 Å². The second kappa shape index (κ2) is 4.52. The van der Waals surface area contributed by atoms with E-state index in [0.717, 1.165) is 31.3 Å². The molecule has 16 heavy (non-hydrogen) atoms. The number of rotatable bonds is 2. The number of nitrogens with two attached hydrogens (primary N) is 1. The van der Waals surface area contributed by atoms with E-state index in [1.807, 2.05) is 18.2 Å². The molecule has 0 saturated heterocycles. The van der Waals surface area contributed by atoms with Crippen LogP contribution in [0.1, 0.15) is 38.5 Å². The minimum Gasteiger partial charge on any atom is -0.382 e. The average molecular weight is 221 g/mol. The van der Waals surface area contributed by atoms with Gasteiger partial charge in [0.15, 0.2) is 5.78 Å². The lowest BCUT2D eigenvalue weighted by molar-refractivity contribution is -0.137. The molecule has 3 nitrogen and oxygen atoms in total. The maximum absolute atomic E-state index is 12.2. The second-order valence-corrected chi connectivity index (χ2v) is 4.88. The van der Waals surface area contributed by atoms with Crippen LogP contribution in [0.2, 0.25) is 0 Å². The number of carbonyl (C=O) groups excluding carboxylic acids is 1. The lowest BCUT2D eigenvalue weighted by atomic mass is 9.76. The van der Waals surface area contributed by atoms with E-state index in [4.69, 9.17) is 5.73 Å². The SMILES string of the molecule is NC1CCCC(O)(C(=O)C2=CC=CCC2)C1. The molecule has 0 radical (unpaired) electrons. The Balaban J connectivity index is 2.13. The smallest absolute Gasteiger partial charge is 0.190 e. The van der Waals surface area contributed by atoms with Crippen molar-refractivity contribution >= 4 is 5.78 Å². The molecule has 2 aliphatic rings. The summed E-state index contributed by atoms with van der Waals surface area (Å²) in [5.41, 5.74) is 5.38. The molecule has 0 heterocycles. The van der Waals surface area contributed by atoms with Crippen LogP contribution in [0.3, 0.4) is 0 Å². The Labute approximate surface area is 96.0 Å². The van der Waals surface area contributed by atoms with Gasteiger partial charge in [-0.3, -0.25) is 4.79 Å². The molecule has 3 N–H and O–H groups in total. The number of ketones is 1. The van der Waals surface area contributed by atoms with E-state index in [9.17, 15) is 9.90 Å². The van der Waals surface area contributed by atoms with Gasteiger partial charge >= 0.3 is 0 Å². The summed E-state index contributed by atoms with van der Waals surface area (Å²) in [6.07, 6.45) is 10.1. The monoisotopic (exact) mass is 221 g/mol. The zero-order chi connectivity index (χ0) is 11.6. The van der Waals surface area contributed by atoms with Gasteiger partial charge in [0.1, 0.15) is 5.60 Å². The highest BCUT2D eigenvalue weighted by atomic mass is 16.3. The minimum absolute atomic E-state index is 0.0394. The fourth-order valence-corrected chi connectivity index (χ4v) is 2.59.